The summed E-state index contributed by atoms with van der Waals surface area (Å²) in [6.45, 7) is 0. The number of rotatable bonds is 3. The van der Waals surface area contributed by atoms with Gasteiger partial charge >= 0.3 is 0 Å². The van der Waals surface area contributed by atoms with Crippen molar-refractivity contribution in [3.8, 4) is 0 Å². The van der Waals surface area contributed by atoms with E-state index in [4.69, 9.17) is 4.42 Å². The van der Waals surface area contributed by atoms with E-state index in [9.17, 15) is 9.50 Å². The molecule has 0 aliphatic heterocycles. The lowest BCUT2D eigenvalue weighted by Crippen LogP contribution is -2.14. The van der Waals surface area contributed by atoms with Crippen molar-refractivity contribution in [2.75, 3.05) is 0 Å². The van der Waals surface area contributed by atoms with Crippen LogP contribution in [0.5, 0.6) is 0 Å². The monoisotopic (exact) mass is 274 g/mol. The van der Waals surface area contributed by atoms with Crippen molar-refractivity contribution in [2.45, 2.75) is 38.2 Å². The summed E-state index contributed by atoms with van der Waals surface area (Å²) in [5.74, 6) is 2.43. The maximum Gasteiger partial charge on any atom is 0.170 e. The van der Waals surface area contributed by atoms with Crippen molar-refractivity contribution >= 4 is 11.0 Å². The Kier molecular flexibility index (Phi) is 2.84. The molecule has 1 N–H and O–H groups in total. The van der Waals surface area contributed by atoms with E-state index in [0.717, 1.165) is 23.6 Å². The molecule has 2 nitrogen and oxygen atoms in total. The zero-order valence-electron chi connectivity index (χ0n) is 11.4. The summed E-state index contributed by atoms with van der Waals surface area (Å²) in [5.41, 5.74) is 0.259. The first-order chi connectivity index (χ1) is 9.70. The van der Waals surface area contributed by atoms with E-state index in [0.29, 0.717) is 11.7 Å². The summed E-state index contributed by atoms with van der Waals surface area (Å²) < 4.78 is 19.1. The molecule has 4 unspecified atom stereocenters. The molecule has 106 valence electrons. The van der Waals surface area contributed by atoms with E-state index in [-0.39, 0.29) is 11.4 Å². The maximum atomic E-state index is 13.6. The van der Waals surface area contributed by atoms with E-state index in [1.165, 1.54) is 31.7 Å². The zero-order chi connectivity index (χ0) is 13.7. The molecule has 1 aromatic carbocycles. The molecule has 1 heterocycles. The predicted molar refractivity (Wildman–Crippen MR) is 74.7 cm³/mol. The molecule has 3 heteroatoms. The molecule has 2 aliphatic rings. The van der Waals surface area contributed by atoms with Gasteiger partial charge in [0.2, 0.25) is 0 Å². The average molecular weight is 274 g/mol. The number of furan rings is 1. The van der Waals surface area contributed by atoms with Crippen LogP contribution in [0.4, 0.5) is 4.39 Å². The lowest BCUT2D eigenvalue weighted by atomic mass is 9.84. The second-order valence-corrected chi connectivity index (χ2v) is 6.49. The van der Waals surface area contributed by atoms with Gasteiger partial charge < -0.3 is 9.52 Å². The van der Waals surface area contributed by atoms with Crippen LogP contribution in [-0.4, -0.2) is 5.11 Å². The summed E-state index contributed by atoms with van der Waals surface area (Å²) in [7, 11) is 0. The third-order valence-corrected chi connectivity index (χ3v) is 5.25. The van der Waals surface area contributed by atoms with Crippen LogP contribution in [-0.2, 0) is 0 Å². The van der Waals surface area contributed by atoms with Gasteiger partial charge in [-0.05, 0) is 55.6 Å². The van der Waals surface area contributed by atoms with Gasteiger partial charge in [0.05, 0.1) is 0 Å². The highest BCUT2D eigenvalue weighted by Gasteiger charge is 2.40. The molecule has 1 aromatic heterocycles. The molecule has 2 bridgehead atoms. The summed E-state index contributed by atoms with van der Waals surface area (Å²) in [6.07, 6.45) is 5.42. The van der Waals surface area contributed by atoms with Gasteiger partial charge in [-0.2, -0.15) is 0 Å². The van der Waals surface area contributed by atoms with Crippen LogP contribution in [0.2, 0.25) is 0 Å². The number of hydrogen-bond acceptors (Lipinski definition) is 2. The van der Waals surface area contributed by atoms with Gasteiger partial charge in [0, 0.05) is 5.39 Å². The average Bonchev–Trinajstić information content (AvgIpc) is 3.12. The van der Waals surface area contributed by atoms with E-state index >= 15 is 0 Å². The molecular formula is C17H19FO2. The SMILES string of the molecule is OC(CC1CC2CCC1C2)c1cc2cccc(F)c2o1. The number of benzene rings is 1. The number of para-hydroxylation sites is 1. The Labute approximate surface area is 117 Å². The summed E-state index contributed by atoms with van der Waals surface area (Å²) in [6, 6.07) is 6.64. The first-order valence-corrected chi connectivity index (χ1v) is 7.56. The molecule has 2 aromatic rings. The molecule has 0 amide bonds. The highest BCUT2D eigenvalue weighted by Crippen LogP contribution is 2.51. The maximum absolute atomic E-state index is 13.6. The van der Waals surface area contributed by atoms with E-state index in [1.807, 2.05) is 6.07 Å². The summed E-state index contributed by atoms with van der Waals surface area (Å²) >= 11 is 0. The van der Waals surface area contributed by atoms with Crippen LogP contribution < -0.4 is 0 Å². The van der Waals surface area contributed by atoms with Crippen molar-refractivity contribution in [3.63, 3.8) is 0 Å². The largest absolute Gasteiger partial charge is 0.455 e. The fourth-order valence-corrected chi connectivity index (χ4v) is 4.28. The van der Waals surface area contributed by atoms with Crippen LogP contribution in [0.15, 0.2) is 28.7 Å². The van der Waals surface area contributed by atoms with Gasteiger partial charge in [0.1, 0.15) is 11.9 Å². The molecule has 2 aliphatic carbocycles. The van der Waals surface area contributed by atoms with E-state index in [2.05, 4.69) is 0 Å². The third-order valence-electron chi connectivity index (χ3n) is 5.25. The fraction of sp³-hybridized carbons (Fsp3) is 0.529. The quantitative estimate of drug-likeness (QED) is 0.898. The molecule has 0 radical (unpaired) electrons. The number of aliphatic hydroxyl groups is 1. The Morgan fingerprint density at radius 1 is 1.30 bits per heavy atom. The van der Waals surface area contributed by atoms with Crippen molar-refractivity contribution in [1.82, 2.24) is 0 Å². The van der Waals surface area contributed by atoms with Crippen molar-refractivity contribution in [2.24, 2.45) is 17.8 Å². The van der Waals surface area contributed by atoms with Gasteiger partial charge in [-0.15, -0.1) is 0 Å². The van der Waals surface area contributed by atoms with Gasteiger partial charge in [0.15, 0.2) is 11.4 Å². The zero-order valence-corrected chi connectivity index (χ0v) is 11.4. The standard InChI is InChI=1S/C17H19FO2/c18-14-3-1-2-12-9-16(20-17(12)14)15(19)8-13-7-10-4-5-11(13)6-10/h1-3,9-11,13,15,19H,4-8H2. The topological polar surface area (TPSA) is 33.4 Å². The molecule has 20 heavy (non-hydrogen) atoms. The molecule has 2 fully saturated rings. The van der Waals surface area contributed by atoms with Crippen LogP contribution in [0.1, 0.15) is 44.0 Å². The minimum absolute atomic E-state index is 0.259. The molecule has 0 saturated heterocycles. The summed E-state index contributed by atoms with van der Waals surface area (Å²) in [4.78, 5) is 0. The summed E-state index contributed by atoms with van der Waals surface area (Å²) in [5, 5.41) is 11.1. The first-order valence-electron chi connectivity index (χ1n) is 7.56. The Bertz CT molecular complexity index is 633. The minimum Gasteiger partial charge on any atom is -0.455 e. The van der Waals surface area contributed by atoms with Crippen molar-refractivity contribution in [1.29, 1.82) is 0 Å². The predicted octanol–water partition coefficient (Wildman–Crippen LogP) is 4.43. The molecule has 4 rings (SSSR count). The minimum atomic E-state index is -0.605. The highest BCUT2D eigenvalue weighted by atomic mass is 19.1. The normalized spacial score (nSPS) is 30.2. The van der Waals surface area contributed by atoms with E-state index < -0.39 is 6.10 Å². The van der Waals surface area contributed by atoms with E-state index in [1.54, 1.807) is 12.1 Å². The van der Waals surface area contributed by atoms with Gasteiger partial charge in [0.25, 0.3) is 0 Å². The third kappa shape index (κ3) is 1.96. The second-order valence-electron chi connectivity index (χ2n) is 6.49. The van der Waals surface area contributed by atoms with Gasteiger partial charge in [-0.25, -0.2) is 4.39 Å². The first kappa shape index (κ1) is 12.4. The van der Waals surface area contributed by atoms with Crippen molar-refractivity contribution < 1.29 is 13.9 Å². The number of halogens is 1. The second kappa shape index (κ2) is 4.59. The number of aliphatic hydroxyl groups excluding tert-OH is 1. The smallest absolute Gasteiger partial charge is 0.170 e. The van der Waals surface area contributed by atoms with Crippen LogP contribution in [0.3, 0.4) is 0 Å². The Hall–Kier alpha value is -1.35. The Balaban J connectivity index is 1.55. The number of fused-ring (bicyclic) bond motifs is 3. The lowest BCUT2D eigenvalue weighted by Gasteiger charge is -2.23. The Morgan fingerprint density at radius 2 is 2.20 bits per heavy atom. The highest BCUT2D eigenvalue weighted by molar-refractivity contribution is 5.78. The van der Waals surface area contributed by atoms with Crippen molar-refractivity contribution in [3.05, 3.63) is 35.8 Å². The molecule has 2 saturated carbocycles. The van der Waals surface area contributed by atoms with Crippen LogP contribution in [0, 0.1) is 23.6 Å². The lowest BCUT2D eigenvalue weighted by molar-refractivity contribution is 0.106. The van der Waals surface area contributed by atoms with Gasteiger partial charge in [-0.1, -0.05) is 18.6 Å². The molecule has 0 spiro atoms. The Morgan fingerprint density at radius 3 is 2.90 bits per heavy atom. The van der Waals surface area contributed by atoms with Gasteiger partial charge in [-0.3, -0.25) is 0 Å². The van der Waals surface area contributed by atoms with Crippen LogP contribution in [0.25, 0.3) is 11.0 Å². The molecule has 4 atom stereocenters. The fourth-order valence-electron chi connectivity index (χ4n) is 4.28. The molecular weight excluding hydrogens is 255 g/mol. The number of hydrogen-bond donors (Lipinski definition) is 1. The van der Waals surface area contributed by atoms with Crippen LogP contribution >= 0.6 is 0 Å².